The van der Waals surface area contributed by atoms with Crippen LogP contribution in [-0.4, -0.2) is 27.1 Å². The molecular formula is C26H23F3O5. The normalized spacial score (nSPS) is 11.4. The van der Waals surface area contributed by atoms with Gasteiger partial charge in [-0.3, -0.25) is 4.79 Å². The molecule has 0 radical (unpaired) electrons. The molecule has 0 aromatic heterocycles. The summed E-state index contributed by atoms with van der Waals surface area (Å²) >= 11 is 0. The molecule has 0 aliphatic carbocycles. The van der Waals surface area contributed by atoms with Gasteiger partial charge in [0.15, 0.2) is 28.8 Å². The van der Waals surface area contributed by atoms with Crippen LogP contribution in [0, 0.1) is 0 Å². The number of alkyl halides is 3. The van der Waals surface area contributed by atoms with Crippen molar-refractivity contribution >= 4 is 11.9 Å². The van der Waals surface area contributed by atoms with E-state index in [0.29, 0.717) is 39.7 Å². The number of methoxy groups -OCH3 is 3. The first-order valence-electron chi connectivity index (χ1n) is 10.2. The van der Waals surface area contributed by atoms with Crippen LogP contribution in [0.2, 0.25) is 0 Å². The molecule has 8 heteroatoms. The van der Waals surface area contributed by atoms with E-state index in [-0.39, 0.29) is 12.4 Å². The molecule has 0 aliphatic rings. The van der Waals surface area contributed by atoms with Crippen LogP contribution < -0.4 is 18.9 Å². The number of carbonyl (C=O) groups is 1. The summed E-state index contributed by atoms with van der Waals surface area (Å²) in [5.41, 5.74) is 0.751. The highest BCUT2D eigenvalue weighted by Crippen LogP contribution is 2.32. The van der Waals surface area contributed by atoms with Crippen molar-refractivity contribution in [3.8, 4) is 23.0 Å². The second-order valence-electron chi connectivity index (χ2n) is 7.16. The smallest absolute Gasteiger partial charge is 0.416 e. The molecule has 5 nitrogen and oxygen atoms in total. The fourth-order valence-electron chi connectivity index (χ4n) is 3.16. The van der Waals surface area contributed by atoms with Crippen molar-refractivity contribution in [3.05, 3.63) is 89.0 Å². The maximum absolute atomic E-state index is 12.9. The van der Waals surface area contributed by atoms with Crippen LogP contribution in [0.3, 0.4) is 0 Å². The van der Waals surface area contributed by atoms with Gasteiger partial charge < -0.3 is 18.9 Å². The topological polar surface area (TPSA) is 54.0 Å². The van der Waals surface area contributed by atoms with E-state index in [1.54, 1.807) is 48.5 Å². The maximum Gasteiger partial charge on any atom is 0.416 e. The van der Waals surface area contributed by atoms with Gasteiger partial charge in [-0.15, -0.1) is 0 Å². The van der Waals surface area contributed by atoms with Crippen LogP contribution in [0.4, 0.5) is 13.2 Å². The molecule has 0 unspecified atom stereocenters. The van der Waals surface area contributed by atoms with E-state index in [4.69, 9.17) is 18.9 Å². The van der Waals surface area contributed by atoms with Crippen molar-refractivity contribution in [2.75, 3.05) is 21.3 Å². The van der Waals surface area contributed by atoms with Crippen LogP contribution in [0.15, 0.2) is 66.7 Å². The summed E-state index contributed by atoms with van der Waals surface area (Å²) in [5, 5.41) is 0. The molecule has 3 aromatic rings. The predicted octanol–water partition coefficient (Wildman–Crippen LogP) is 6.21. The molecule has 0 heterocycles. The van der Waals surface area contributed by atoms with E-state index in [1.807, 2.05) is 0 Å². The number of ketones is 1. The Morgan fingerprint density at radius 2 is 1.50 bits per heavy atom. The Labute approximate surface area is 195 Å². The molecule has 178 valence electrons. The minimum atomic E-state index is -4.42. The molecule has 0 saturated carbocycles. The number of benzene rings is 3. The summed E-state index contributed by atoms with van der Waals surface area (Å²) in [4.78, 5) is 12.5. The summed E-state index contributed by atoms with van der Waals surface area (Å²) < 4.78 is 60.1. The summed E-state index contributed by atoms with van der Waals surface area (Å²) in [5.74, 6) is 1.49. The molecular weight excluding hydrogens is 449 g/mol. The lowest BCUT2D eigenvalue weighted by atomic mass is 10.1. The third-order valence-electron chi connectivity index (χ3n) is 4.93. The van der Waals surface area contributed by atoms with Crippen molar-refractivity contribution in [1.82, 2.24) is 0 Å². The van der Waals surface area contributed by atoms with Crippen molar-refractivity contribution in [3.63, 3.8) is 0 Å². The quantitative estimate of drug-likeness (QED) is 0.274. The first-order chi connectivity index (χ1) is 16.2. The second-order valence-corrected chi connectivity index (χ2v) is 7.16. The van der Waals surface area contributed by atoms with E-state index in [1.165, 1.54) is 33.5 Å². The standard InChI is InChI=1S/C26H23F3O5/c1-31-22-12-9-19(15-25(22)33-3)21(30)10-7-17-8-11-23(24(14-17)32-2)34-16-18-5-4-6-20(13-18)26(27,28)29/h4-15H,16H2,1-3H3/b10-7+. The largest absolute Gasteiger partial charge is 0.493 e. The lowest BCUT2D eigenvalue weighted by Gasteiger charge is -2.13. The highest BCUT2D eigenvalue weighted by Gasteiger charge is 2.30. The number of carbonyl (C=O) groups excluding carboxylic acids is 1. The summed E-state index contributed by atoms with van der Waals surface area (Å²) in [6.45, 7) is -0.0622. The molecule has 0 N–H and O–H groups in total. The predicted molar refractivity (Wildman–Crippen MR) is 122 cm³/mol. The minimum Gasteiger partial charge on any atom is -0.493 e. The molecule has 0 bridgehead atoms. The lowest BCUT2D eigenvalue weighted by Crippen LogP contribution is -2.06. The highest BCUT2D eigenvalue weighted by atomic mass is 19.4. The Hall–Kier alpha value is -3.94. The van der Waals surface area contributed by atoms with Crippen LogP contribution in [0.1, 0.15) is 27.0 Å². The molecule has 0 amide bonds. The van der Waals surface area contributed by atoms with Gasteiger partial charge in [0, 0.05) is 5.56 Å². The molecule has 3 aromatic carbocycles. The van der Waals surface area contributed by atoms with Gasteiger partial charge in [-0.05, 0) is 59.7 Å². The number of hydrogen-bond acceptors (Lipinski definition) is 5. The number of allylic oxidation sites excluding steroid dienone is 1. The molecule has 3 rings (SSSR count). The number of halogens is 3. The Morgan fingerprint density at radius 1 is 0.824 bits per heavy atom. The van der Waals surface area contributed by atoms with Gasteiger partial charge in [0.1, 0.15) is 6.61 Å². The zero-order valence-corrected chi connectivity index (χ0v) is 18.8. The molecule has 34 heavy (non-hydrogen) atoms. The van der Waals surface area contributed by atoms with Crippen LogP contribution in [-0.2, 0) is 12.8 Å². The van der Waals surface area contributed by atoms with Crippen molar-refractivity contribution < 1.29 is 36.9 Å². The van der Waals surface area contributed by atoms with E-state index in [9.17, 15) is 18.0 Å². The first kappa shape index (κ1) is 24.7. The fraction of sp³-hybridized carbons (Fsp3) is 0.192. The fourth-order valence-corrected chi connectivity index (χ4v) is 3.16. The van der Waals surface area contributed by atoms with Crippen LogP contribution >= 0.6 is 0 Å². The highest BCUT2D eigenvalue weighted by molar-refractivity contribution is 6.07. The Bertz CT molecular complexity index is 1190. The van der Waals surface area contributed by atoms with Gasteiger partial charge in [-0.25, -0.2) is 0 Å². The maximum atomic E-state index is 12.9. The number of rotatable bonds is 9. The molecule has 0 fully saturated rings. The van der Waals surface area contributed by atoms with Gasteiger partial charge in [0.05, 0.1) is 26.9 Å². The molecule has 0 atom stereocenters. The lowest BCUT2D eigenvalue weighted by molar-refractivity contribution is -0.137. The minimum absolute atomic E-state index is 0.0622. The van der Waals surface area contributed by atoms with Gasteiger partial charge in [-0.2, -0.15) is 13.2 Å². The van der Waals surface area contributed by atoms with Gasteiger partial charge in [0.25, 0.3) is 0 Å². The number of ether oxygens (including phenoxy) is 4. The van der Waals surface area contributed by atoms with Crippen molar-refractivity contribution in [2.24, 2.45) is 0 Å². The monoisotopic (exact) mass is 472 g/mol. The third-order valence-corrected chi connectivity index (χ3v) is 4.93. The average molecular weight is 472 g/mol. The summed E-state index contributed by atoms with van der Waals surface area (Å²) in [6.07, 6.45) is -1.38. The Morgan fingerprint density at radius 3 is 2.18 bits per heavy atom. The number of hydrogen-bond donors (Lipinski definition) is 0. The second kappa shape index (κ2) is 10.8. The van der Waals surface area contributed by atoms with E-state index >= 15 is 0 Å². The molecule has 0 aliphatic heterocycles. The van der Waals surface area contributed by atoms with Crippen LogP contribution in [0.25, 0.3) is 6.08 Å². The van der Waals surface area contributed by atoms with Crippen molar-refractivity contribution in [2.45, 2.75) is 12.8 Å². The molecule has 0 spiro atoms. The van der Waals surface area contributed by atoms with E-state index in [2.05, 4.69) is 0 Å². The van der Waals surface area contributed by atoms with Gasteiger partial charge in [0.2, 0.25) is 0 Å². The van der Waals surface area contributed by atoms with E-state index in [0.717, 1.165) is 12.1 Å². The van der Waals surface area contributed by atoms with E-state index < -0.39 is 11.7 Å². The SMILES string of the molecule is COc1ccc(C(=O)/C=C/c2ccc(OCc3cccc(C(F)(F)F)c3)c(OC)c2)cc1OC. The average Bonchev–Trinajstić information content (AvgIpc) is 2.85. The third kappa shape index (κ3) is 6.10. The Balaban J connectivity index is 1.71. The van der Waals surface area contributed by atoms with Gasteiger partial charge in [-0.1, -0.05) is 24.3 Å². The zero-order chi connectivity index (χ0) is 24.7. The summed E-state index contributed by atoms with van der Waals surface area (Å²) in [6, 6.07) is 14.8. The Kier molecular flexibility index (Phi) is 7.83. The summed E-state index contributed by atoms with van der Waals surface area (Å²) in [7, 11) is 4.46. The van der Waals surface area contributed by atoms with Crippen molar-refractivity contribution in [1.29, 1.82) is 0 Å². The zero-order valence-electron chi connectivity index (χ0n) is 18.8. The van der Waals surface area contributed by atoms with Crippen LogP contribution in [0.5, 0.6) is 23.0 Å². The molecule has 0 saturated heterocycles. The van der Waals surface area contributed by atoms with Gasteiger partial charge >= 0.3 is 6.18 Å². The first-order valence-corrected chi connectivity index (χ1v) is 10.2.